The van der Waals surface area contributed by atoms with Crippen LogP contribution >= 0.6 is 11.6 Å². The molecule has 2 rings (SSSR count). The van der Waals surface area contributed by atoms with Crippen LogP contribution in [0.15, 0.2) is 24.3 Å². The van der Waals surface area contributed by atoms with Gasteiger partial charge in [0.05, 0.1) is 23.8 Å². The highest BCUT2D eigenvalue weighted by Crippen LogP contribution is 2.18. The number of carbonyl (C=O) groups is 1. The van der Waals surface area contributed by atoms with Crippen LogP contribution in [0.2, 0.25) is 5.02 Å². The van der Waals surface area contributed by atoms with E-state index in [1.807, 2.05) is 19.1 Å². The molecule has 0 amide bonds. The second kappa shape index (κ2) is 7.18. The number of ketones is 1. The first kappa shape index (κ1) is 15.4. The van der Waals surface area contributed by atoms with Crippen molar-refractivity contribution in [3.8, 4) is 0 Å². The third-order valence-electron chi connectivity index (χ3n) is 3.43. The summed E-state index contributed by atoms with van der Waals surface area (Å²) in [6.07, 6.45) is 0.347. The predicted molar refractivity (Wildman–Crippen MR) is 78.3 cm³/mol. The second-order valence-electron chi connectivity index (χ2n) is 5.16. The molecule has 0 spiro atoms. The predicted octanol–water partition coefficient (Wildman–Crippen LogP) is 1.99. The van der Waals surface area contributed by atoms with Gasteiger partial charge < -0.3 is 9.84 Å². The summed E-state index contributed by atoms with van der Waals surface area (Å²) >= 11 is 6.02. The molecule has 0 aliphatic carbocycles. The molecule has 2 atom stereocenters. The summed E-state index contributed by atoms with van der Waals surface area (Å²) in [5.74, 6) is 0.0512. The van der Waals surface area contributed by atoms with E-state index in [0.29, 0.717) is 30.1 Å². The molecule has 5 heteroatoms. The molecular weight excluding hydrogens is 278 g/mol. The Morgan fingerprint density at radius 2 is 2.20 bits per heavy atom. The van der Waals surface area contributed by atoms with Gasteiger partial charge in [-0.3, -0.25) is 9.69 Å². The number of ether oxygens (including phenoxy) is 1. The summed E-state index contributed by atoms with van der Waals surface area (Å²) < 4.78 is 5.58. The quantitative estimate of drug-likeness (QED) is 0.845. The van der Waals surface area contributed by atoms with E-state index >= 15 is 0 Å². The molecule has 1 aromatic rings. The topological polar surface area (TPSA) is 49.8 Å². The maximum Gasteiger partial charge on any atom is 0.165 e. The van der Waals surface area contributed by atoms with Crippen LogP contribution in [0, 0.1) is 0 Å². The normalized spacial score (nSPS) is 23.8. The third kappa shape index (κ3) is 4.03. The Balaban J connectivity index is 1.89. The van der Waals surface area contributed by atoms with E-state index < -0.39 is 0 Å². The Morgan fingerprint density at radius 1 is 1.45 bits per heavy atom. The summed E-state index contributed by atoms with van der Waals surface area (Å²) in [6.45, 7) is 4.10. The highest BCUT2D eigenvalue weighted by atomic mass is 35.5. The molecule has 2 unspecified atom stereocenters. The minimum absolute atomic E-state index is 0.0132. The van der Waals surface area contributed by atoms with Crippen molar-refractivity contribution in [3.05, 3.63) is 34.9 Å². The van der Waals surface area contributed by atoms with Crippen molar-refractivity contribution in [1.29, 1.82) is 0 Å². The zero-order valence-electron chi connectivity index (χ0n) is 11.6. The van der Waals surface area contributed by atoms with Crippen LogP contribution in [-0.2, 0) is 4.74 Å². The minimum atomic E-state index is -0.158. The van der Waals surface area contributed by atoms with E-state index in [0.717, 1.165) is 6.54 Å². The van der Waals surface area contributed by atoms with Crippen molar-refractivity contribution >= 4 is 17.4 Å². The number of benzene rings is 1. The van der Waals surface area contributed by atoms with Gasteiger partial charge in [0, 0.05) is 31.6 Å². The Morgan fingerprint density at radius 3 is 2.90 bits per heavy atom. The highest BCUT2D eigenvalue weighted by molar-refractivity contribution is 6.33. The fourth-order valence-electron chi connectivity index (χ4n) is 2.51. The average molecular weight is 298 g/mol. The van der Waals surface area contributed by atoms with Crippen LogP contribution in [0.5, 0.6) is 0 Å². The van der Waals surface area contributed by atoms with E-state index in [4.69, 9.17) is 16.3 Å². The molecule has 1 aromatic carbocycles. The molecule has 1 saturated heterocycles. The molecule has 20 heavy (non-hydrogen) atoms. The molecule has 1 fully saturated rings. The lowest BCUT2D eigenvalue weighted by atomic mass is 10.1. The number of rotatable bonds is 5. The number of nitrogens with zero attached hydrogens (tertiary/aromatic N) is 1. The van der Waals surface area contributed by atoms with Crippen molar-refractivity contribution in [2.24, 2.45) is 0 Å². The molecule has 1 heterocycles. The van der Waals surface area contributed by atoms with Crippen molar-refractivity contribution in [2.75, 3.05) is 26.2 Å². The Hall–Kier alpha value is -0.940. The molecule has 1 aliphatic rings. The number of aliphatic hydroxyl groups excluding tert-OH is 1. The van der Waals surface area contributed by atoms with Gasteiger partial charge in [-0.05, 0) is 19.1 Å². The van der Waals surface area contributed by atoms with E-state index in [-0.39, 0.29) is 24.6 Å². The van der Waals surface area contributed by atoms with Crippen LogP contribution in [0.25, 0.3) is 0 Å². The van der Waals surface area contributed by atoms with Crippen LogP contribution < -0.4 is 0 Å². The summed E-state index contributed by atoms with van der Waals surface area (Å²) in [6, 6.07) is 7.11. The Kier molecular flexibility index (Phi) is 5.54. The summed E-state index contributed by atoms with van der Waals surface area (Å²) in [5, 5.41) is 9.68. The first-order valence-corrected chi connectivity index (χ1v) is 7.24. The maximum atomic E-state index is 12.1. The number of carbonyl (C=O) groups excluding carboxylic acids is 1. The fraction of sp³-hybridized carbons (Fsp3) is 0.533. The molecular formula is C15H20ClNO3. The largest absolute Gasteiger partial charge is 0.394 e. The van der Waals surface area contributed by atoms with Gasteiger partial charge in [-0.1, -0.05) is 23.7 Å². The number of morpholine rings is 1. The van der Waals surface area contributed by atoms with Gasteiger partial charge in [0.1, 0.15) is 0 Å². The third-order valence-corrected chi connectivity index (χ3v) is 3.76. The number of aliphatic hydroxyl groups is 1. The summed E-state index contributed by atoms with van der Waals surface area (Å²) in [4.78, 5) is 14.3. The first-order valence-electron chi connectivity index (χ1n) is 6.86. The van der Waals surface area contributed by atoms with Crippen LogP contribution in [0.3, 0.4) is 0 Å². The minimum Gasteiger partial charge on any atom is -0.394 e. The Bertz CT molecular complexity index is 466. The lowest BCUT2D eigenvalue weighted by Gasteiger charge is -2.35. The monoisotopic (exact) mass is 297 g/mol. The highest BCUT2D eigenvalue weighted by Gasteiger charge is 2.25. The van der Waals surface area contributed by atoms with Crippen LogP contribution in [0.4, 0.5) is 0 Å². The molecule has 1 N–H and O–H groups in total. The standard InChI is InChI=1S/C15H20ClNO3/c1-11-8-17(9-12(10-18)20-11)7-6-15(19)13-4-2-3-5-14(13)16/h2-5,11-12,18H,6-10H2,1H3. The zero-order chi connectivity index (χ0) is 14.5. The van der Waals surface area contributed by atoms with Gasteiger partial charge in [-0.15, -0.1) is 0 Å². The van der Waals surface area contributed by atoms with Crippen LogP contribution in [-0.4, -0.2) is 54.2 Å². The van der Waals surface area contributed by atoms with E-state index in [1.165, 1.54) is 0 Å². The number of halogens is 1. The van der Waals surface area contributed by atoms with Gasteiger partial charge >= 0.3 is 0 Å². The fourth-order valence-corrected chi connectivity index (χ4v) is 2.75. The lowest BCUT2D eigenvalue weighted by molar-refractivity contribution is -0.0947. The van der Waals surface area contributed by atoms with Gasteiger partial charge in [0.25, 0.3) is 0 Å². The zero-order valence-corrected chi connectivity index (χ0v) is 12.3. The van der Waals surface area contributed by atoms with Gasteiger partial charge in [-0.2, -0.15) is 0 Å². The average Bonchev–Trinajstić information content (AvgIpc) is 2.44. The van der Waals surface area contributed by atoms with Crippen molar-refractivity contribution in [3.63, 3.8) is 0 Å². The Labute approximate surface area is 124 Å². The maximum absolute atomic E-state index is 12.1. The number of hydrogen-bond donors (Lipinski definition) is 1. The smallest absolute Gasteiger partial charge is 0.165 e. The first-order chi connectivity index (χ1) is 9.60. The van der Waals surface area contributed by atoms with E-state index in [9.17, 15) is 9.90 Å². The number of Topliss-reactive ketones (excluding diaryl/α,β-unsaturated/α-hetero) is 1. The number of hydrogen-bond acceptors (Lipinski definition) is 4. The molecule has 110 valence electrons. The SMILES string of the molecule is CC1CN(CCC(=O)c2ccccc2Cl)CC(CO)O1. The van der Waals surface area contributed by atoms with Gasteiger partial charge in [-0.25, -0.2) is 0 Å². The van der Waals surface area contributed by atoms with Crippen molar-refractivity contribution in [1.82, 2.24) is 4.90 Å². The molecule has 0 radical (unpaired) electrons. The van der Waals surface area contributed by atoms with E-state index in [2.05, 4.69) is 4.90 Å². The molecule has 0 saturated carbocycles. The van der Waals surface area contributed by atoms with Crippen LogP contribution in [0.1, 0.15) is 23.7 Å². The van der Waals surface area contributed by atoms with Crippen molar-refractivity contribution < 1.29 is 14.6 Å². The summed E-state index contributed by atoms with van der Waals surface area (Å²) in [5.41, 5.74) is 0.578. The van der Waals surface area contributed by atoms with Crippen molar-refractivity contribution in [2.45, 2.75) is 25.6 Å². The summed E-state index contributed by atoms with van der Waals surface area (Å²) in [7, 11) is 0. The van der Waals surface area contributed by atoms with E-state index in [1.54, 1.807) is 12.1 Å². The van der Waals surface area contributed by atoms with Gasteiger partial charge in [0.2, 0.25) is 0 Å². The molecule has 0 bridgehead atoms. The molecule has 0 aromatic heterocycles. The van der Waals surface area contributed by atoms with Gasteiger partial charge in [0.15, 0.2) is 5.78 Å². The molecule has 4 nitrogen and oxygen atoms in total. The second-order valence-corrected chi connectivity index (χ2v) is 5.57. The lowest BCUT2D eigenvalue weighted by Crippen LogP contribution is -2.48. The molecule has 1 aliphatic heterocycles.